The smallest absolute Gasteiger partial charge is 0.341 e. The molecule has 0 aliphatic heterocycles. The van der Waals surface area contributed by atoms with Gasteiger partial charge in [-0.3, -0.25) is 4.79 Å². The first-order valence-electron chi connectivity index (χ1n) is 7.21. The highest BCUT2D eigenvalue weighted by molar-refractivity contribution is 6.20. The van der Waals surface area contributed by atoms with Gasteiger partial charge in [0.05, 0.1) is 26.4 Å². The maximum Gasteiger partial charge on any atom is 0.341 e. The van der Waals surface area contributed by atoms with Crippen molar-refractivity contribution in [3.05, 3.63) is 29.3 Å². The fraction of sp³-hybridized carbons (Fsp3) is 0.412. The standard InChI is InChI=1S/C17H22O5/c1-5-8-14(18)12(17(19)22-6-2)11-13-15(20-3)9-7-10-16(13)21-4/h7,9-11H,5-6,8H2,1-4H3. The van der Waals surface area contributed by atoms with E-state index in [4.69, 9.17) is 14.2 Å². The molecule has 22 heavy (non-hydrogen) atoms. The Morgan fingerprint density at radius 2 is 1.68 bits per heavy atom. The van der Waals surface area contributed by atoms with E-state index >= 15 is 0 Å². The first-order valence-corrected chi connectivity index (χ1v) is 7.21. The second kappa shape index (κ2) is 8.87. The predicted molar refractivity (Wildman–Crippen MR) is 84.1 cm³/mol. The van der Waals surface area contributed by atoms with Gasteiger partial charge in [0.25, 0.3) is 0 Å². The Bertz CT molecular complexity index is 518. The maximum absolute atomic E-state index is 12.2. The second-order valence-corrected chi connectivity index (χ2v) is 4.53. The highest BCUT2D eigenvalue weighted by atomic mass is 16.5. The van der Waals surface area contributed by atoms with Crippen LogP contribution in [0.3, 0.4) is 0 Å². The van der Waals surface area contributed by atoms with Crippen molar-refractivity contribution in [3.8, 4) is 11.5 Å². The van der Waals surface area contributed by atoms with Crippen molar-refractivity contribution in [1.29, 1.82) is 0 Å². The van der Waals surface area contributed by atoms with Crippen molar-refractivity contribution >= 4 is 17.8 Å². The van der Waals surface area contributed by atoms with Gasteiger partial charge in [0.2, 0.25) is 0 Å². The van der Waals surface area contributed by atoms with Crippen LogP contribution in [-0.4, -0.2) is 32.6 Å². The number of ketones is 1. The zero-order chi connectivity index (χ0) is 16.5. The van der Waals surface area contributed by atoms with Crippen molar-refractivity contribution in [2.24, 2.45) is 0 Å². The molecule has 0 heterocycles. The Labute approximate surface area is 130 Å². The van der Waals surface area contributed by atoms with E-state index in [-0.39, 0.29) is 24.4 Å². The second-order valence-electron chi connectivity index (χ2n) is 4.53. The van der Waals surface area contributed by atoms with Gasteiger partial charge < -0.3 is 14.2 Å². The first kappa shape index (κ1) is 17.8. The normalized spacial score (nSPS) is 11.0. The van der Waals surface area contributed by atoms with Crippen LogP contribution in [0, 0.1) is 0 Å². The van der Waals surface area contributed by atoms with Crippen LogP contribution in [0.25, 0.3) is 6.08 Å². The highest BCUT2D eigenvalue weighted by Gasteiger charge is 2.20. The quantitative estimate of drug-likeness (QED) is 0.320. The predicted octanol–water partition coefficient (Wildman–Crippen LogP) is 3.02. The van der Waals surface area contributed by atoms with Gasteiger partial charge in [0, 0.05) is 6.42 Å². The van der Waals surface area contributed by atoms with E-state index in [1.807, 2.05) is 6.92 Å². The van der Waals surface area contributed by atoms with Crippen molar-refractivity contribution in [2.75, 3.05) is 20.8 Å². The lowest BCUT2D eigenvalue weighted by Gasteiger charge is -2.12. The molecule has 0 aliphatic carbocycles. The largest absolute Gasteiger partial charge is 0.496 e. The molecule has 0 saturated heterocycles. The highest BCUT2D eigenvalue weighted by Crippen LogP contribution is 2.31. The van der Waals surface area contributed by atoms with E-state index < -0.39 is 5.97 Å². The van der Waals surface area contributed by atoms with E-state index in [2.05, 4.69) is 0 Å². The fourth-order valence-corrected chi connectivity index (χ4v) is 1.99. The lowest BCUT2D eigenvalue weighted by atomic mass is 10.0. The molecule has 0 N–H and O–H groups in total. The molecule has 0 atom stereocenters. The number of Topliss-reactive ketones (excluding diaryl/α,β-unsaturated/α-hetero) is 1. The van der Waals surface area contributed by atoms with Crippen LogP contribution in [0.2, 0.25) is 0 Å². The minimum absolute atomic E-state index is 0.00602. The molecule has 0 fully saturated rings. The summed E-state index contributed by atoms with van der Waals surface area (Å²) < 4.78 is 15.5. The summed E-state index contributed by atoms with van der Waals surface area (Å²) in [5.74, 6) is 0.152. The van der Waals surface area contributed by atoms with E-state index in [0.29, 0.717) is 23.5 Å². The minimum Gasteiger partial charge on any atom is -0.496 e. The topological polar surface area (TPSA) is 61.8 Å². The van der Waals surface area contributed by atoms with Crippen LogP contribution in [0.15, 0.2) is 23.8 Å². The number of carbonyl (C=O) groups excluding carboxylic acids is 2. The molecule has 0 unspecified atom stereocenters. The summed E-state index contributed by atoms with van der Waals surface area (Å²) in [6.07, 6.45) is 2.41. The Kier molecular flexibility index (Phi) is 7.16. The molecule has 0 amide bonds. The molecule has 0 bridgehead atoms. The number of hydrogen-bond donors (Lipinski definition) is 0. The Balaban J connectivity index is 3.38. The zero-order valence-electron chi connectivity index (χ0n) is 13.5. The summed E-state index contributed by atoms with van der Waals surface area (Å²) in [5, 5.41) is 0. The van der Waals surface area contributed by atoms with Gasteiger partial charge in [-0.1, -0.05) is 13.0 Å². The van der Waals surface area contributed by atoms with Crippen molar-refractivity contribution in [2.45, 2.75) is 26.7 Å². The first-order chi connectivity index (χ1) is 10.6. The van der Waals surface area contributed by atoms with Gasteiger partial charge in [-0.05, 0) is 31.6 Å². The van der Waals surface area contributed by atoms with Crippen LogP contribution in [0.4, 0.5) is 0 Å². The summed E-state index contributed by atoms with van der Waals surface area (Å²) >= 11 is 0. The number of ether oxygens (including phenoxy) is 3. The van der Waals surface area contributed by atoms with Gasteiger partial charge in [0.1, 0.15) is 17.1 Å². The van der Waals surface area contributed by atoms with Crippen LogP contribution < -0.4 is 9.47 Å². The summed E-state index contributed by atoms with van der Waals surface area (Å²) in [5.41, 5.74) is 0.548. The van der Waals surface area contributed by atoms with Gasteiger partial charge >= 0.3 is 5.97 Å². The monoisotopic (exact) mass is 306 g/mol. The number of benzene rings is 1. The molecule has 0 spiro atoms. The molecule has 5 heteroatoms. The molecule has 5 nitrogen and oxygen atoms in total. The van der Waals surface area contributed by atoms with Crippen LogP contribution >= 0.6 is 0 Å². The molecule has 1 aromatic carbocycles. The summed E-state index contributed by atoms with van der Waals surface area (Å²) in [4.78, 5) is 24.3. The number of rotatable bonds is 8. The minimum atomic E-state index is -0.631. The Morgan fingerprint density at radius 3 is 2.14 bits per heavy atom. The molecule has 120 valence electrons. The molecular weight excluding hydrogens is 284 g/mol. The van der Waals surface area contributed by atoms with Gasteiger partial charge in [0.15, 0.2) is 5.78 Å². The molecule has 0 aromatic heterocycles. The molecular formula is C17H22O5. The number of hydrogen-bond acceptors (Lipinski definition) is 5. The van der Waals surface area contributed by atoms with E-state index in [0.717, 1.165) is 0 Å². The van der Waals surface area contributed by atoms with Crippen LogP contribution in [0.1, 0.15) is 32.3 Å². The SMILES string of the molecule is CCCC(=O)C(=Cc1c(OC)cccc1OC)C(=O)OCC. The van der Waals surface area contributed by atoms with Crippen molar-refractivity contribution in [3.63, 3.8) is 0 Å². The summed E-state index contributed by atoms with van der Waals surface area (Å²) in [6.45, 7) is 3.78. The molecule has 0 saturated carbocycles. The van der Waals surface area contributed by atoms with Crippen LogP contribution in [0.5, 0.6) is 11.5 Å². The maximum atomic E-state index is 12.2. The Morgan fingerprint density at radius 1 is 1.09 bits per heavy atom. The van der Waals surface area contributed by atoms with E-state index in [1.165, 1.54) is 20.3 Å². The van der Waals surface area contributed by atoms with E-state index in [1.54, 1.807) is 25.1 Å². The number of esters is 1. The molecule has 1 aromatic rings. The van der Waals surface area contributed by atoms with Gasteiger partial charge in [-0.15, -0.1) is 0 Å². The van der Waals surface area contributed by atoms with E-state index in [9.17, 15) is 9.59 Å². The third kappa shape index (κ3) is 4.35. The zero-order valence-corrected chi connectivity index (χ0v) is 13.5. The lowest BCUT2D eigenvalue weighted by Crippen LogP contribution is -2.16. The average molecular weight is 306 g/mol. The van der Waals surface area contributed by atoms with Crippen molar-refractivity contribution < 1.29 is 23.8 Å². The molecule has 1 rings (SSSR count). The third-order valence-electron chi connectivity index (χ3n) is 3.03. The van der Waals surface area contributed by atoms with Gasteiger partial charge in [-0.25, -0.2) is 4.79 Å². The van der Waals surface area contributed by atoms with Crippen LogP contribution in [-0.2, 0) is 14.3 Å². The van der Waals surface area contributed by atoms with Gasteiger partial charge in [-0.2, -0.15) is 0 Å². The Hall–Kier alpha value is -2.30. The summed E-state index contributed by atoms with van der Waals surface area (Å²) in [6, 6.07) is 5.25. The average Bonchev–Trinajstić information content (AvgIpc) is 2.52. The molecule has 0 radical (unpaired) electrons. The number of methoxy groups -OCH3 is 2. The lowest BCUT2D eigenvalue weighted by molar-refractivity contribution is -0.139. The summed E-state index contributed by atoms with van der Waals surface area (Å²) in [7, 11) is 3.04. The fourth-order valence-electron chi connectivity index (χ4n) is 1.99. The molecule has 0 aliphatic rings. The third-order valence-corrected chi connectivity index (χ3v) is 3.03. The van der Waals surface area contributed by atoms with Crippen molar-refractivity contribution in [1.82, 2.24) is 0 Å². The number of carbonyl (C=O) groups is 2.